The molecule has 184 valence electrons. The molecule has 5 rings (SSSR count). The van der Waals surface area contributed by atoms with E-state index >= 15 is 4.39 Å². The molecule has 0 amide bonds. The number of carbonyl (C=O) groups excluding carboxylic acids is 2. The van der Waals surface area contributed by atoms with Crippen LogP contribution in [0.2, 0.25) is 5.02 Å². The topological polar surface area (TPSA) is 84.7 Å². The second-order valence-corrected chi connectivity index (χ2v) is 9.91. The lowest BCUT2D eigenvalue weighted by Crippen LogP contribution is -2.54. The van der Waals surface area contributed by atoms with E-state index < -0.39 is 29.2 Å². The van der Waals surface area contributed by atoms with E-state index in [1.807, 2.05) is 12.1 Å². The first-order chi connectivity index (χ1) is 16.8. The number of hydrogen-bond donors (Lipinski definition) is 1. The first kappa shape index (κ1) is 23.8. The van der Waals surface area contributed by atoms with Crippen LogP contribution in [0.1, 0.15) is 54.9 Å². The van der Waals surface area contributed by atoms with Crippen molar-refractivity contribution in [1.82, 2.24) is 9.78 Å². The number of aliphatic hydroxyl groups excluding tert-OH is 1. The van der Waals surface area contributed by atoms with E-state index in [1.165, 1.54) is 16.8 Å². The van der Waals surface area contributed by atoms with Crippen molar-refractivity contribution in [2.24, 2.45) is 5.41 Å². The number of aliphatic hydroxyl groups is 1. The van der Waals surface area contributed by atoms with Gasteiger partial charge in [0.05, 0.1) is 39.6 Å². The highest BCUT2D eigenvalue weighted by molar-refractivity contribution is 6.34. The quantitative estimate of drug-likeness (QED) is 0.519. The number of hydrogen-bond acceptors (Lipinski definition) is 6. The van der Waals surface area contributed by atoms with Crippen LogP contribution in [-0.4, -0.2) is 52.6 Å². The molecule has 1 aromatic heterocycles. The van der Waals surface area contributed by atoms with Crippen LogP contribution in [-0.2, 0) is 9.53 Å². The van der Waals surface area contributed by atoms with Crippen molar-refractivity contribution in [1.29, 1.82) is 0 Å². The number of nitrogens with zero attached hydrogens (tertiary/aromatic N) is 3. The molecule has 2 aliphatic rings. The van der Waals surface area contributed by atoms with Crippen molar-refractivity contribution in [3.63, 3.8) is 0 Å². The van der Waals surface area contributed by atoms with Crippen LogP contribution in [0, 0.1) is 11.2 Å². The second kappa shape index (κ2) is 8.91. The minimum absolute atomic E-state index is 0.0450. The lowest BCUT2D eigenvalue weighted by atomic mass is 9.78. The van der Waals surface area contributed by atoms with Crippen molar-refractivity contribution in [2.75, 3.05) is 24.6 Å². The Labute approximate surface area is 207 Å². The minimum Gasteiger partial charge on any atom is -0.465 e. The summed E-state index contributed by atoms with van der Waals surface area (Å²) >= 11 is 6.47. The molecule has 3 aromatic rings. The highest BCUT2D eigenvalue weighted by atomic mass is 35.5. The van der Waals surface area contributed by atoms with Gasteiger partial charge in [0.2, 0.25) is 0 Å². The lowest BCUT2D eigenvalue weighted by Gasteiger charge is -2.41. The third kappa shape index (κ3) is 3.98. The zero-order chi connectivity index (χ0) is 24.9. The van der Waals surface area contributed by atoms with Gasteiger partial charge in [-0.1, -0.05) is 29.8 Å². The van der Waals surface area contributed by atoms with Gasteiger partial charge in [0.25, 0.3) is 5.91 Å². The number of piperidine rings is 1. The molecule has 0 radical (unpaired) electrons. The molecule has 1 unspecified atom stereocenters. The maximum Gasteiger partial charge on any atom is 0.314 e. The maximum absolute atomic E-state index is 15.1. The van der Waals surface area contributed by atoms with E-state index in [9.17, 15) is 14.7 Å². The lowest BCUT2D eigenvalue weighted by molar-refractivity contribution is -0.162. The maximum atomic E-state index is 15.1. The molecule has 1 aliphatic heterocycles. The van der Waals surface area contributed by atoms with Crippen LogP contribution < -0.4 is 4.90 Å². The molecule has 7 nitrogen and oxygen atoms in total. The van der Waals surface area contributed by atoms with E-state index in [4.69, 9.17) is 16.3 Å². The largest absolute Gasteiger partial charge is 0.465 e. The Hall–Kier alpha value is -2.97. The number of anilines is 1. The van der Waals surface area contributed by atoms with Gasteiger partial charge in [0.1, 0.15) is 5.82 Å². The standard InChI is InChI=1S/C26H27ClFN3O4/c1-3-35-25(34)26(2)12-13-30(14-20(26)32)23-22-18(28)8-5-9-19(22)31(29-23)24(33)21-16(15-10-11-15)6-4-7-17(21)27/h4-9,15,20,32H,3,10-14H2,1-2H3/t20-,26?/m0/s1. The molecule has 1 aliphatic carbocycles. The average Bonchev–Trinajstić information content (AvgIpc) is 3.60. The number of rotatable bonds is 5. The number of β-amino-alcohol motifs (C(OH)–C–C–N with tert-alkyl or cyclic N) is 1. The second-order valence-electron chi connectivity index (χ2n) is 9.50. The number of ether oxygens (including phenoxy) is 1. The molecule has 0 bridgehead atoms. The van der Waals surface area contributed by atoms with Crippen LogP contribution in [0.3, 0.4) is 0 Å². The van der Waals surface area contributed by atoms with Crippen molar-refractivity contribution in [3.05, 3.63) is 58.4 Å². The summed E-state index contributed by atoms with van der Waals surface area (Å²) in [5.41, 5.74) is 0.503. The number of aromatic nitrogens is 2. The van der Waals surface area contributed by atoms with Gasteiger partial charge in [-0.05, 0) is 62.8 Å². The zero-order valence-electron chi connectivity index (χ0n) is 19.6. The Kier molecular flexibility index (Phi) is 6.05. The first-order valence-corrected chi connectivity index (χ1v) is 12.2. The van der Waals surface area contributed by atoms with Crippen LogP contribution in [0.4, 0.5) is 10.2 Å². The smallest absolute Gasteiger partial charge is 0.314 e. The summed E-state index contributed by atoms with van der Waals surface area (Å²) in [5, 5.41) is 15.9. The molecular formula is C26H27ClFN3O4. The highest BCUT2D eigenvalue weighted by Gasteiger charge is 2.46. The number of fused-ring (bicyclic) bond motifs is 1. The van der Waals surface area contributed by atoms with Gasteiger partial charge in [-0.25, -0.2) is 4.39 Å². The predicted molar refractivity (Wildman–Crippen MR) is 130 cm³/mol. The summed E-state index contributed by atoms with van der Waals surface area (Å²) < 4.78 is 21.5. The Morgan fingerprint density at radius 3 is 2.69 bits per heavy atom. The summed E-state index contributed by atoms with van der Waals surface area (Å²) in [4.78, 5) is 27.9. The molecular weight excluding hydrogens is 473 g/mol. The van der Waals surface area contributed by atoms with Crippen LogP contribution in [0.15, 0.2) is 36.4 Å². The highest BCUT2D eigenvalue weighted by Crippen LogP contribution is 2.44. The third-order valence-corrected chi connectivity index (χ3v) is 7.49. The fourth-order valence-corrected chi connectivity index (χ4v) is 5.12. The summed E-state index contributed by atoms with van der Waals surface area (Å²) in [7, 11) is 0. The molecule has 1 saturated heterocycles. The van der Waals surface area contributed by atoms with Gasteiger partial charge in [-0.15, -0.1) is 5.10 Å². The normalized spacial score (nSPS) is 22.4. The number of halogens is 2. The van der Waals surface area contributed by atoms with Gasteiger partial charge in [-0.2, -0.15) is 4.68 Å². The minimum atomic E-state index is -1.07. The van der Waals surface area contributed by atoms with Gasteiger partial charge in [-0.3, -0.25) is 9.59 Å². The number of benzene rings is 2. The average molecular weight is 500 g/mol. The van der Waals surface area contributed by atoms with Gasteiger partial charge in [0, 0.05) is 13.1 Å². The van der Waals surface area contributed by atoms with Crippen molar-refractivity contribution in [3.8, 4) is 0 Å². The Morgan fingerprint density at radius 2 is 2.00 bits per heavy atom. The van der Waals surface area contributed by atoms with Crippen LogP contribution in [0.5, 0.6) is 0 Å². The SMILES string of the molecule is CCOC(=O)C1(C)CCN(c2nn(C(=O)c3c(Cl)cccc3C3CC3)c3cccc(F)c23)C[C@@H]1O. The molecule has 35 heavy (non-hydrogen) atoms. The van der Waals surface area contributed by atoms with E-state index in [0.717, 1.165) is 18.4 Å². The van der Waals surface area contributed by atoms with E-state index in [-0.39, 0.29) is 30.3 Å². The molecule has 1 saturated carbocycles. The van der Waals surface area contributed by atoms with E-state index in [0.29, 0.717) is 29.1 Å². The van der Waals surface area contributed by atoms with Gasteiger partial charge in [0.15, 0.2) is 5.82 Å². The molecule has 2 fully saturated rings. The van der Waals surface area contributed by atoms with Gasteiger partial charge < -0.3 is 14.7 Å². The monoisotopic (exact) mass is 499 g/mol. The molecule has 1 N–H and O–H groups in total. The molecule has 9 heteroatoms. The summed E-state index contributed by atoms with van der Waals surface area (Å²) in [6, 6.07) is 9.89. The fraction of sp³-hybridized carbons (Fsp3) is 0.423. The summed E-state index contributed by atoms with van der Waals surface area (Å²) in [5.74, 6) is -0.880. The summed E-state index contributed by atoms with van der Waals surface area (Å²) in [6.07, 6.45) is 1.22. The Bertz CT molecular complexity index is 1320. The Balaban J connectivity index is 1.55. The fourth-order valence-electron chi connectivity index (χ4n) is 4.85. The van der Waals surface area contributed by atoms with E-state index in [1.54, 1.807) is 30.9 Å². The van der Waals surface area contributed by atoms with Crippen molar-refractivity contribution in [2.45, 2.75) is 45.1 Å². The molecule has 2 atom stereocenters. The molecule has 2 heterocycles. The van der Waals surface area contributed by atoms with E-state index in [2.05, 4.69) is 5.10 Å². The first-order valence-electron chi connectivity index (χ1n) is 11.9. The molecule has 2 aromatic carbocycles. The van der Waals surface area contributed by atoms with Crippen molar-refractivity contribution >= 4 is 40.2 Å². The van der Waals surface area contributed by atoms with Crippen molar-refractivity contribution < 1.29 is 23.8 Å². The predicted octanol–water partition coefficient (Wildman–Crippen LogP) is 4.54. The Morgan fingerprint density at radius 1 is 1.26 bits per heavy atom. The number of carbonyl (C=O) groups is 2. The van der Waals surface area contributed by atoms with Crippen LogP contribution >= 0.6 is 11.6 Å². The van der Waals surface area contributed by atoms with Crippen LogP contribution in [0.25, 0.3) is 10.9 Å². The zero-order valence-corrected chi connectivity index (χ0v) is 20.4. The number of esters is 1. The summed E-state index contributed by atoms with van der Waals surface area (Å²) in [6.45, 7) is 3.99. The van der Waals surface area contributed by atoms with Gasteiger partial charge >= 0.3 is 5.97 Å². The molecule has 0 spiro atoms. The third-order valence-electron chi connectivity index (χ3n) is 7.18.